The quantitative estimate of drug-likeness (QED) is 0.682. The number of alkyl halides is 3. The zero-order chi connectivity index (χ0) is 23.9. The van der Waals surface area contributed by atoms with Gasteiger partial charge in [0.05, 0.1) is 24.6 Å². The van der Waals surface area contributed by atoms with Gasteiger partial charge in [-0.2, -0.15) is 13.2 Å². The van der Waals surface area contributed by atoms with Crippen molar-refractivity contribution in [3.8, 4) is 5.75 Å². The average Bonchev–Trinajstić information content (AvgIpc) is 3.37. The molecule has 0 bridgehead atoms. The SMILES string of the molecule is COc1cccc(NC(=O)[C@@H]2Cc3cc(C(F)(F)F)ccc3N3CCN(C4CCCC4)C[C@@H]23)c1. The van der Waals surface area contributed by atoms with Crippen LogP contribution in [0.4, 0.5) is 24.5 Å². The zero-order valence-electron chi connectivity index (χ0n) is 19.3. The Morgan fingerprint density at radius 1 is 1.09 bits per heavy atom. The van der Waals surface area contributed by atoms with E-state index in [-0.39, 0.29) is 18.4 Å². The number of ether oxygens (including phenoxy) is 1. The number of carbonyl (C=O) groups excluding carboxylic acids is 1. The van der Waals surface area contributed by atoms with Crippen LogP contribution in [0.3, 0.4) is 0 Å². The van der Waals surface area contributed by atoms with E-state index >= 15 is 0 Å². The van der Waals surface area contributed by atoms with Crippen LogP contribution in [0.15, 0.2) is 42.5 Å². The second-order valence-corrected chi connectivity index (χ2v) is 9.57. The van der Waals surface area contributed by atoms with Crippen LogP contribution < -0.4 is 15.0 Å². The van der Waals surface area contributed by atoms with Crippen molar-refractivity contribution in [1.82, 2.24) is 4.90 Å². The molecule has 182 valence electrons. The van der Waals surface area contributed by atoms with Crippen molar-refractivity contribution in [2.24, 2.45) is 5.92 Å². The molecule has 0 radical (unpaired) electrons. The van der Waals surface area contributed by atoms with Gasteiger partial charge in [0.25, 0.3) is 0 Å². The summed E-state index contributed by atoms with van der Waals surface area (Å²) in [5.41, 5.74) is 1.37. The molecule has 2 aromatic carbocycles. The minimum atomic E-state index is -4.41. The molecule has 2 fully saturated rings. The Kier molecular flexibility index (Phi) is 6.18. The first kappa shape index (κ1) is 23.0. The lowest BCUT2D eigenvalue weighted by atomic mass is 9.82. The Hall–Kier alpha value is -2.74. The molecule has 2 atom stereocenters. The molecule has 2 heterocycles. The van der Waals surface area contributed by atoms with E-state index in [4.69, 9.17) is 4.74 Å². The number of benzene rings is 2. The summed E-state index contributed by atoms with van der Waals surface area (Å²) in [6.45, 7) is 2.33. The Morgan fingerprint density at radius 3 is 2.62 bits per heavy atom. The van der Waals surface area contributed by atoms with Gasteiger partial charge in [-0.15, -0.1) is 0 Å². The van der Waals surface area contributed by atoms with Crippen LogP contribution in [-0.2, 0) is 17.4 Å². The first-order valence-electron chi connectivity index (χ1n) is 12.0. The molecule has 1 N–H and O–H groups in total. The third kappa shape index (κ3) is 4.48. The number of rotatable bonds is 4. The van der Waals surface area contributed by atoms with Gasteiger partial charge in [0.1, 0.15) is 5.75 Å². The molecule has 34 heavy (non-hydrogen) atoms. The van der Waals surface area contributed by atoms with E-state index in [1.54, 1.807) is 37.4 Å². The molecule has 5 nitrogen and oxygen atoms in total. The normalized spacial score (nSPS) is 23.4. The first-order chi connectivity index (χ1) is 16.3. The van der Waals surface area contributed by atoms with Crippen molar-refractivity contribution in [2.75, 3.05) is 37.0 Å². The molecule has 0 spiro atoms. The smallest absolute Gasteiger partial charge is 0.416 e. The number of anilines is 2. The third-order valence-electron chi connectivity index (χ3n) is 7.59. The molecule has 5 rings (SSSR count). The lowest BCUT2D eigenvalue weighted by Crippen LogP contribution is -2.61. The second-order valence-electron chi connectivity index (χ2n) is 9.57. The predicted octanol–water partition coefficient (Wildman–Crippen LogP) is 4.96. The molecular weight excluding hydrogens is 443 g/mol. The Morgan fingerprint density at radius 2 is 1.88 bits per heavy atom. The van der Waals surface area contributed by atoms with Gasteiger partial charge in [0.2, 0.25) is 5.91 Å². The summed E-state index contributed by atoms with van der Waals surface area (Å²) in [7, 11) is 1.56. The van der Waals surface area contributed by atoms with E-state index in [0.29, 0.717) is 29.6 Å². The molecule has 2 aliphatic heterocycles. The number of nitrogens with zero attached hydrogens (tertiary/aromatic N) is 2. The van der Waals surface area contributed by atoms with Crippen LogP contribution in [0.2, 0.25) is 0 Å². The van der Waals surface area contributed by atoms with Crippen LogP contribution >= 0.6 is 0 Å². The first-order valence-corrected chi connectivity index (χ1v) is 12.0. The standard InChI is InChI=1S/C26H30F3N3O2/c1-34-21-8-4-5-19(15-21)30-25(33)22-14-17-13-18(26(27,28)29)9-10-23(17)32-12-11-31(16-24(22)32)20-6-2-3-7-20/h4-5,8-10,13,15,20,22,24H,2-3,6-7,11-12,14,16H2,1H3,(H,30,33)/t22-,24+/m1/s1. The van der Waals surface area contributed by atoms with Gasteiger partial charge in [-0.3, -0.25) is 9.69 Å². The van der Waals surface area contributed by atoms with Gasteiger partial charge in [-0.25, -0.2) is 0 Å². The van der Waals surface area contributed by atoms with Gasteiger partial charge in [-0.05, 0) is 55.2 Å². The third-order valence-corrected chi connectivity index (χ3v) is 7.59. The predicted molar refractivity (Wildman–Crippen MR) is 125 cm³/mol. The molecule has 8 heteroatoms. The van der Waals surface area contributed by atoms with Gasteiger partial charge in [0.15, 0.2) is 0 Å². The number of fused-ring (bicyclic) bond motifs is 3. The summed E-state index contributed by atoms with van der Waals surface area (Å²) in [6, 6.07) is 11.6. The highest BCUT2D eigenvalue weighted by molar-refractivity contribution is 5.94. The molecule has 1 saturated heterocycles. The highest BCUT2D eigenvalue weighted by Crippen LogP contribution is 2.41. The summed E-state index contributed by atoms with van der Waals surface area (Å²) in [4.78, 5) is 18.2. The molecule has 0 unspecified atom stereocenters. The number of piperazine rings is 1. The summed E-state index contributed by atoms with van der Waals surface area (Å²) in [5.74, 6) is 0.0132. The lowest BCUT2D eigenvalue weighted by molar-refractivity contribution is -0.137. The van der Waals surface area contributed by atoms with Crippen molar-refractivity contribution in [3.05, 3.63) is 53.6 Å². The monoisotopic (exact) mass is 473 g/mol. The van der Waals surface area contributed by atoms with Crippen molar-refractivity contribution < 1.29 is 22.7 Å². The maximum Gasteiger partial charge on any atom is 0.416 e. The van der Waals surface area contributed by atoms with E-state index in [2.05, 4.69) is 15.1 Å². The maximum absolute atomic E-state index is 13.5. The maximum atomic E-state index is 13.5. The van der Waals surface area contributed by atoms with Crippen molar-refractivity contribution in [1.29, 1.82) is 0 Å². The van der Waals surface area contributed by atoms with Crippen LogP contribution in [-0.4, -0.2) is 49.6 Å². The number of nitrogens with one attached hydrogen (secondary N) is 1. The van der Waals surface area contributed by atoms with Crippen LogP contribution in [0.5, 0.6) is 5.75 Å². The number of carbonyl (C=O) groups is 1. The summed E-state index contributed by atoms with van der Waals surface area (Å²) >= 11 is 0. The van der Waals surface area contributed by atoms with Crippen molar-refractivity contribution >= 4 is 17.3 Å². The molecular formula is C26H30F3N3O2. The largest absolute Gasteiger partial charge is 0.497 e. The average molecular weight is 474 g/mol. The summed E-state index contributed by atoms with van der Waals surface area (Å²) in [6.07, 6.45) is 0.703. The second kappa shape index (κ2) is 9.13. The van der Waals surface area contributed by atoms with E-state index < -0.39 is 17.7 Å². The number of methoxy groups -OCH3 is 1. The van der Waals surface area contributed by atoms with Crippen LogP contribution in [0.25, 0.3) is 0 Å². The summed E-state index contributed by atoms with van der Waals surface area (Å²) in [5, 5.41) is 2.99. The van der Waals surface area contributed by atoms with E-state index in [1.165, 1.54) is 31.7 Å². The minimum Gasteiger partial charge on any atom is -0.497 e. The summed E-state index contributed by atoms with van der Waals surface area (Å²) < 4.78 is 45.5. The number of amides is 1. The van der Waals surface area contributed by atoms with Crippen LogP contribution in [0.1, 0.15) is 36.8 Å². The topological polar surface area (TPSA) is 44.8 Å². The van der Waals surface area contributed by atoms with E-state index in [9.17, 15) is 18.0 Å². The van der Waals surface area contributed by atoms with Gasteiger partial charge in [0, 0.05) is 43.1 Å². The number of halogens is 3. The Balaban J connectivity index is 1.45. The number of hydrogen-bond donors (Lipinski definition) is 1. The van der Waals surface area contributed by atoms with E-state index in [1.807, 2.05) is 0 Å². The zero-order valence-corrected chi connectivity index (χ0v) is 19.3. The number of hydrogen-bond acceptors (Lipinski definition) is 4. The van der Waals surface area contributed by atoms with E-state index in [0.717, 1.165) is 24.8 Å². The highest BCUT2D eigenvalue weighted by Gasteiger charge is 2.44. The minimum absolute atomic E-state index is 0.0794. The van der Waals surface area contributed by atoms with Crippen LogP contribution in [0, 0.1) is 5.92 Å². The molecule has 1 saturated carbocycles. The lowest BCUT2D eigenvalue weighted by Gasteiger charge is -2.50. The fourth-order valence-corrected chi connectivity index (χ4v) is 5.86. The molecule has 1 amide bonds. The van der Waals surface area contributed by atoms with Gasteiger partial charge < -0.3 is 15.0 Å². The molecule has 0 aromatic heterocycles. The molecule has 3 aliphatic rings. The highest BCUT2D eigenvalue weighted by atomic mass is 19.4. The Labute approximate surface area is 197 Å². The fraction of sp³-hybridized carbons (Fsp3) is 0.500. The van der Waals surface area contributed by atoms with Gasteiger partial charge >= 0.3 is 6.18 Å². The fourth-order valence-electron chi connectivity index (χ4n) is 5.86. The van der Waals surface area contributed by atoms with Crippen molar-refractivity contribution in [3.63, 3.8) is 0 Å². The van der Waals surface area contributed by atoms with Crippen molar-refractivity contribution in [2.45, 2.75) is 50.4 Å². The van der Waals surface area contributed by atoms with Gasteiger partial charge in [-0.1, -0.05) is 18.9 Å². The molecule has 2 aromatic rings. The molecule has 1 aliphatic carbocycles. The Bertz CT molecular complexity index is 1050.